The second kappa shape index (κ2) is 6.64. The molecule has 1 N–H and O–H groups in total. The van der Waals surface area contributed by atoms with Crippen molar-refractivity contribution < 1.29 is 9.53 Å². The van der Waals surface area contributed by atoms with Crippen molar-refractivity contribution in [1.29, 1.82) is 0 Å². The van der Waals surface area contributed by atoms with Crippen LogP contribution in [0.25, 0.3) is 0 Å². The fourth-order valence-electron chi connectivity index (χ4n) is 2.61. The van der Waals surface area contributed by atoms with Crippen LogP contribution in [0.3, 0.4) is 0 Å². The molecule has 0 aromatic carbocycles. The molecule has 1 aliphatic rings. The largest absolute Gasteiger partial charge is 0.372 e. The normalized spacial score (nSPS) is 22.9. The number of amides is 1. The number of nitrogens with zero attached hydrogens (tertiary/aromatic N) is 2. The first kappa shape index (κ1) is 17.4. The molecule has 0 saturated carbocycles. The van der Waals surface area contributed by atoms with Crippen LogP contribution < -0.4 is 5.32 Å². The van der Waals surface area contributed by atoms with E-state index >= 15 is 0 Å². The van der Waals surface area contributed by atoms with E-state index in [0.717, 1.165) is 10.7 Å². The van der Waals surface area contributed by atoms with Crippen molar-refractivity contribution >= 4 is 17.2 Å². The van der Waals surface area contributed by atoms with E-state index in [9.17, 15) is 4.79 Å². The van der Waals surface area contributed by atoms with Gasteiger partial charge < -0.3 is 9.64 Å². The zero-order valence-electron chi connectivity index (χ0n) is 14.4. The van der Waals surface area contributed by atoms with E-state index in [1.54, 1.807) is 11.3 Å². The van der Waals surface area contributed by atoms with Crippen LogP contribution >= 0.6 is 11.3 Å². The zero-order valence-corrected chi connectivity index (χ0v) is 15.2. The lowest BCUT2D eigenvalue weighted by Gasteiger charge is -2.36. The van der Waals surface area contributed by atoms with Gasteiger partial charge in [-0.3, -0.25) is 10.1 Å². The number of hydrogen-bond donors (Lipinski definition) is 1. The molecular formula is C16H27N3O2S. The van der Waals surface area contributed by atoms with E-state index in [1.165, 1.54) is 4.88 Å². The highest BCUT2D eigenvalue weighted by atomic mass is 32.1. The van der Waals surface area contributed by atoms with Crippen LogP contribution in [0, 0.1) is 13.8 Å². The van der Waals surface area contributed by atoms with Crippen molar-refractivity contribution in [3.8, 4) is 0 Å². The molecule has 6 heteroatoms. The molecule has 1 aromatic rings. The monoisotopic (exact) mass is 325 g/mol. The summed E-state index contributed by atoms with van der Waals surface area (Å²) in [4.78, 5) is 20.2. The van der Waals surface area contributed by atoms with Crippen LogP contribution in [0.2, 0.25) is 0 Å². The lowest BCUT2D eigenvalue weighted by atomic mass is 10.1. The summed E-state index contributed by atoms with van der Waals surface area (Å²) < 4.78 is 5.67. The van der Waals surface area contributed by atoms with Crippen LogP contribution in [-0.4, -0.2) is 47.6 Å². The van der Waals surface area contributed by atoms with E-state index in [1.807, 2.05) is 25.7 Å². The molecule has 1 fully saturated rings. The van der Waals surface area contributed by atoms with Gasteiger partial charge in [0.1, 0.15) is 5.01 Å². The first-order chi connectivity index (χ1) is 10.2. The second-order valence-corrected chi connectivity index (χ2v) is 7.90. The van der Waals surface area contributed by atoms with E-state index in [0.29, 0.717) is 19.6 Å². The van der Waals surface area contributed by atoms with Crippen molar-refractivity contribution in [3.05, 3.63) is 15.6 Å². The Balaban J connectivity index is 1.95. The smallest absolute Gasteiger partial charge is 0.236 e. The summed E-state index contributed by atoms with van der Waals surface area (Å²) in [6, 6.07) is 0. The fourth-order valence-corrected chi connectivity index (χ4v) is 3.60. The number of carbonyl (C=O) groups excluding carboxylic acids is 1. The van der Waals surface area contributed by atoms with Gasteiger partial charge in [-0.2, -0.15) is 0 Å². The van der Waals surface area contributed by atoms with Crippen LogP contribution in [-0.2, 0) is 15.1 Å². The van der Waals surface area contributed by atoms with Crippen molar-refractivity contribution in [2.24, 2.45) is 0 Å². The van der Waals surface area contributed by atoms with Crippen LogP contribution in [0.5, 0.6) is 0 Å². The summed E-state index contributed by atoms with van der Waals surface area (Å²) >= 11 is 1.69. The van der Waals surface area contributed by atoms with E-state index in [4.69, 9.17) is 4.74 Å². The molecule has 2 heterocycles. The third kappa shape index (κ3) is 4.06. The van der Waals surface area contributed by atoms with E-state index < -0.39 is 0 Å². The second-order valence-electron chi connectivity index (χ2n) is 6.70. The maximum Gasteiger partial charge on any atom is 0.236 e. The summed E-state index contributed by atoms with van der Waals surface area (Å²) in [5, 5.41) is 4.39. The Morgan fingerprint density at radius 3 is 2.45 bits per heavy atom. The van der Waals surface area contributed by atoms with Gasteiger partial charge in [0, 0.05) is 18.0 Å². The maximum atomic E-state index is 12.4. The minimum absolute atomic E-state index is 0.102. The quantitative estimate of drug-likeness (QED) is 0.922. The number of aromatic nitrogens is 1. The highest BCUT2D eigenvalue weighted by Crippen LogP contribution is 2.27. The lowest BCUT2D eigenvalue weighted by molar-refractivity contribution is -0.142. The molecule has 124 valence electrons. The molecule has 22 heavy (non-hydrogen) atoms. The van der Waals surface area contributed by atoms with Gasteiger partial charge in [-0.05, 0) is 41.5 Å². The van der Waals surface area contributed by atoms with Gasteiger partial charge in [0.2, 0.25) is 5.91 Å². The SMILES string of the molecule is Cc1nc(C(C)(C)NCC(=O)N2CC(C)OC(C)C2)sc1C. The zero-order chi connectivity index (χ0) is 16.5. The Bertz CT molecular complexity index is 512. The molecule has 1 aromatic heterocycles. The van der Waals surface area contributed by atoms with Gasteiger partial charge in [0.05, 0.1) is 30.0 Å². The molecule has 0 spiro atoms. The van der Waals surface area contributed by atoms with Gasteiger partial charge in [0.25, 0.3) is 0 Å². The minimum Gasteiger partial charge on any atom is -0.372 e. The Hall–Kier alpha value is -0.980. The molecule has 1 saturated heterocycles. The highest BCUT2D eigenvalue weighted by molar-refractivity contribution is 7.11. The molecular weight excluding hydrogens is 298 g/mol. The number of thiazole rings is 1. The average Bonchev–Trinajstić information content (AvgIpc) is 2.76. The number of morpholine rings is 1. The Morgan fingerprint density at radius 2 is 1.95 bits per heavy atom. The van der Waals surface area contributed by atoms with E-state index in [2.05, 4.69) is 31.1 Å². The number of nitrogens with one attached hydrogen (secondary N) is 1. The fraction of sp³-hybridized carbons (Fsp3) is 0.750. The standard InChI is InChI=1S/C16H27N3O2S/c1-10-8-19(9-11(2)21-10)14(20)7-17-16(5,6)15-18-12(3)13(4)22-15/h10-11,17H,7-9H2,1-6H3. The summed E-state index contributed by atoms with van der Waals surface area (Å²) in [5.41, 5.74) is 0.764. The van der Waals surface area contributed by atoms with Crippen molar-refractivity contribution in [2.45, 2.75) is 59.3 Å². The summed E-state index contributed by atoms with van der Waals surface area (Å²) in [6.45, 7) is 13.9. The number of rotatable bonds is 4. The molecule has 2 rings (SSSR count). The molecule has 1 amide bonds. The third-order valence-electron chi connectivity index (χ3n) is 4.02. The lowest BCUT2D eigenvalue weighted by Crippen LogP contribution is -2.52. The molecule has 0 bridgehead atoms. The van der Waals surface area contributed by atoms with Gasteiger partial charge >= 0.3 is 0 Å². The van der Waals surface area contributed by atoms with Crippen molar-refractivity contribution in [2.75, 3.05) is 19.6 Å². The molecule has 0 aliphatic carbocycles. The predicted octanol–water partition coefficient (Wildman–Crippen LogP) is 2.22. The molecule has 0 radical (unpaired) electrons. The van der Waals surface area contributed by atoms with Gasteiger partial charge in [0.15, 0.2) is 0 Å². The molecule has 5 nitrogen and oxygen atoms in total. The molecule has 1 aliphatic heterocycles. The first-order valence-electron chi connectivity index (χ1n) is 7.82. The Morgan fingerprint density at radius 1 is 1.36 bits per heavy atom. The molecule has 2 unspecified atom stereocenters. The minimum atomic E-state index is -0.303. The number of ether oxygens (including phenoxy) is 1. The van der Waals surface area contributed by atoms with Crippen LogP contribution in [0.15, 0.2) is 0 Å². The maximum absolute atomic E-state index is 12.4. The van der Waals surface area contributed by atoms with Gasteiger partial charge in [-0.1, -0.05) is 0 Å². The van der Waals surface area contributed by atoms with Crippen molar-refractivity contribution in [3.63, 3.8) is 0 Å². The Labute approximate surface area is 137 Å². The van der Waals surface area contributed by atoms with Gasteiger partial charge in [-0.25, -0.2) is 4.98 Å². The predicted molar refractivity (Wildman–Crippen MR) is 89.2 cm³/mol. The topological polar surface area (TPSA) is 54.5 Å². The average molecular weight is 325 g/mol. The number of hydrogen-bond acceptors (Lipinski definition) is 5. The van der Waals surface area contributed by atoms with Crippen LogP contribution in [0.1, 0.15) is 43.3 Å². The van der Waals surface area contributed by atoms with Crippen molar-refractivity contribution in [1.82, 2.24) is 15.2 Å². The van der Waals surface area contributed by atoms with Crippen LogP contribution in [0.4, 0.5) is 0 Å². The highest BCUT2D eigenvalue weighted by Gasteiger charge is 2.29. The molecule has 2 atom stereocenters. The van der Waals surface area contributed by atoms with E-state index in [-0.39, 0.29) is 23.7 Å². The summed E-state index contributed by atoms with van der Waals surface area (Å²) in [5.74, 6) is 0.125. The third-order valence-corrected chi connectivity index (χ3v) is 5.41. The van der Waals surface area contributed by atoms with Gasteiger partial charge in [-0.15, -0.1) is 11.3 Å². The Kier molecular flexibility index (Phi) is 5.25. The first-order valence-corrected chi connectivity index (χ1v) is 8.63. The number of carbonyl (C=O) groups is 1. The number of aryl methyl sites for hydroxylation is 2. The summed E-state index contributed by atoms with van der Waals surface area (Å²) in [7, 11) is 0. The summed E-state index contributed by atoms with van der Waals surface area (Å²) in [6.07, 6.45) is 0.204.